The van der Waals surface area contributed by atoms with Crippen molar-refractivity contribution in [3.63, 3.8) is 0 Å². The molecule has 0 atom stereocenters. The molecule has 0 aromatic carbocycles. The minimum absolute atomic E-state index is 0. The number of primary amides is 2. The summed E-state index contributed by atoms with van der Waals surface area (Å²) in [5.41, 5.74) is 10.00. The summed E-state index contributed by atoms with van der Waals surface area (Å²) in [5, 5.41) is 0. The fraction of sp³-hybridized carbons (Fsp3) is 0.800. The van der Waals surface area contributed by atoms with Crippen molar-refractivity contribution >= 4 is 61.4 Å². The van der Waals surface area contributed by atoms with E-state index in [4.69, 9.17) is 11.5 Å². The second-order valence-corrected chi connectivity index (χ2v) is 3.55. The molecule has 4 nitrogen and oxygen atoms in total. The lowest BCUT2D eigenvalue weighted by Crippen LogP contribution is -2.09. The molecule has 0 saturated carbocycles. The summed E-state index contributed by atoms with van der Waals surface area (Å²) in [7, 11) is 0. The van der Waals surface area contributed by atoms with Gasteiger partial charge in [-0.25, -0.2) is 0 Å². The standard InChI is InChI=1S/C10H20N2O2.4ClH/c11-9(13)7-5-3-1-2-4-6-8-10(12)14;;;;/h1-8H2,(H2,11,13)(H2,12,14);4*1H. The zero-order valence-electron chi connectivity index (χ0n) is 10.3. The second kappa shape index (κ2) is 22.3. The Kier molecular flexibility index (Phi) is 38.2. The first-order valence-corrected chi connectivity index (χ1v) is 5.19. The minimum Gasteiger partial charge on any atom is -0.370 e. The second-order valence-electron chi connectivity index (χ2n) is 3.55. The van der Waals surface area contributed by atoms with Gasteiger partial charge in [0.05, 0.1) is 0 Å². The maximum Gasteiger partial charge on any atom is 0.217 e. The Morgan fingerprint density at radius 3 is 1.00 bits per heavy atom. The monoisotopic (exact) mass is 344 g/mol. The third-order valence-electron chi connectivity index (χ3n) is 2.10. The highest BCUT2D eigenvalue weighted by Gasteiger charge is 1.96. The molecule has 0 radical (unpaired) electrons. The molecule has 0 spiro atoms. The number of nitrogens with two attached hydrogens (primary N) is 2. The number of carbonyl (C=O) groups is 2. The van der Waals surface area contributed by atoms with Gasteiger partial charge in [0.1, 0.15) is 0 Å². The van der Waals surface area contributed by atoms with Gasteiger partial charge in [-0.15, -0.1) is 49.6 Å². The third kappa shape index (κ3) is 29.8. The molecule has 0 aromatic heterocycles. The fourth-order valence-corrected chi connectivity index (χ4v) is 1.31. The first-order chi connectivity index (χ1) is 6.63. The highest BCUT2D eigenvalue weighted by atomic mass is 35.5. The summed E-state index contributed by atoms with van der Waals surface area (Å²) < 4.78 is 0. The zero-order valence-corrected chi connectivity index (χ0v) is 13.5. The molecule has 0 rings (SSSR count). The average Bonchev–Trinajstić information content (AvgIpc) is 2.08. The SMILES string of the molecule is Cl.Cl.Cl.Cl.NC(=O)CCCCCCCCC(N)=O. The molecule has 8 heteroatoms. The first kappa shape index (κ1) is 30.8. The Morgan fingerprint density at radius 1 is 0.556 bits per heavy atom. The van der Waals surface area contributed by atoms with E-state index in [0.717, 1.165) is 38.5 Å². The predicted octanol–water partition coefficient (Wildman–Crippen LogP) is 2.76. The molecular formula is C10H24Cl4N2O2. The quantitative estimate of drug-likeness (QED) is 0.629. The minimum atomic E-state index is -0.223. The number of halogens is 4. The molecular weight excluding hydrogens is 322 g/mol. The van der Waals surface area contributed by atoms with Crippen molar-refractivity contribution in [2.45, 2.75) is 51.4 Å². The Bertz CT molecular complexity index is 175. The highest BCUT2D eigenvalue weighted by molar-refractivity contribution is 5.86. The van der Waals surface area contributed by atoms with Crippen LogP contribution in [-0.2, 0) is 9.59 Å². The summed E-state index contributed by atoms with van der Waals surface area (Å²) >= 11 is 0. The molecule has 0 saturated heterocycles. The highest BCUT2D eigenvalue weighted by Crippen LogP contribution is 2.07. The Hall–Kier alpha value is 0.1000. The molecule has 0 bridgehead atoms. The molecule has 0 aliphatic heterocycles. The number of rotatable bonds is 9. The van der Waals surface area contributed by atoms with Crippen LogP contribution < -0.4 is 11.5 Å². The lowest BCUT2D eigenvalue weighted by Gasteiger charge is -1.99. The van der Waals surface area contributed by atoms with Gasteiger partial charge in [-0.3, -0.25) is 9.59 Å². The summed E-state index contributed by atoms with van der Waals surface area (Å²) in [5.74, 6) is -0.447. The molecule has 2 amide bonds. The number of hydrogen-bond acceptors (Lipinski definition) is 2. The number of amides is 2. The van der Waals surface area contributed by atoms with Gasteiger partial charge >= 0.3 is 0 Å². The third-order valence-corrected chi connectivity index (χ3v) is 2.10. The summed E-state index contributed by atoms with van der Waals surface area (Å²) in [6, 6.07) is 0. The molecule has 0 aromatic rings. The molecule has 114 valence electrons. The number of carbonyl (C=O) groups excluding carboxylic acids is 2. The van der Waals surface area contributed by atoms with E-state index in [1.54, 1.807) is 0 Å². The molecule has 18 heavy (non-hydrogen) atoms. The van der Waals surface area contributed by atoms with Crippen LogP contribution >= 0.6 is 49.6 Å². The van der Waals surface area contributed by atoms with E-state index in [1.165, 1.54) is 0 Å². The maximum atomic E-state index is 10.4. The van der Waals surface area contributed by atoms with E-state index < -0.39 is 0 Å². The zero-order chi connectivity index (χ0) is 10.8. The van der Waals surface area contributed by atoms with Crippen molar-refractivity contribution < 1.29 is 9.59 Å². The van der Waals surface area contributed by atoms with Crippen molar-refractivity contribution in [1.82, 2.24) is 0 Å². The largest absolute Gasteiger partial charge is 0.370 e. The van der Waals surface area contributed by atoms with Crippen LogP contribution in [0.15, 0.2) is 0 Å². The van der Waals surface area contributed by atoms with Crippen LogP contribution in [0.4, 0.5) is 0 Å². The number of unbranched alkanes of at least 4 members (excludes halogenated alkanes) is 5. The summed E-state index contributed by atoms with van der Waals surface area (Å²) in [4.78, 5) is 20.8. The van der Waals surface area contributed by atoms with Crippen molar-refractivity contribution in [3.05, 3.63) is 0 Å². The Morgan fingerprint density at radius 2 is 0.778 bits per heavy atom. The lowest BCUT2D eigenvalue weighted by atomic mass is 10.1. The molecule has 4 N–H and O–H groups in total. The Balaban J connectivity index is -0.000000141. The van der Waals surface area contributed by atoms with Gasteiger partial charge < -0.3 is 11.5 Å². The van der Waals surface area contributed by atoms with Gasteiger partial charge in [0, 0.05) is 12.8 Å². The van der Waals surface area contributed by atoms with Gasteiger partial charge in [0.2, 0.25) is 11.8 Å². The van der Waals surface area contributed by atoms with Gasteiger partial charge in [-0.1, -0.05) is 25.7 Å². The first-order valence-electron chi connectivity index (χ1n) is 5.19. The molecule has 0 aliphatic carbocycles. The smallest absolute Gasteiger partial charge is 0.217 e. The normalized spacial score (nSPS) is 7.78. The van der Waals surface area contributed by atoms with Gasteiger partial charge in [-0.05, 0) is 12.8 Å². The van der Waals surface area contributed by atoms with E-state index in [2.05, 4.69) is 0 Å². The maximum absolute atomic E-state index is 10.4. The van der Waals surface area contributed by atoms with E-state index in [-0.39, 0.29) is 61.4 Å². The average molecular weight is 346 g/mol. The molecule has 0 fully saturated rings. The van der Waals surface area contributed by atoms with Crippen molar-refractivity contribution in [2.24, 2.45) is 11.5 Å². The van der Waals surface area contributed by atoms with Crippen LogP contribution in [0.5, 0.6) is 0 Å². The van der Waals surface area contributed by atoms with Crippen LogP contribution in [0, 0.1) is 0 Å². The van der Waals surface area contributed by atoms with Gasteiger partial charge in [0.25, 0.3) is 0 Å². The van der Waals surface area contributed by atoms with Crippen molar-refractivity contribution in [3.8, 4) is 0 Å². The van der Waals surface area contributed by atoms with Crippen molar-refractivity contribution in [2.75, 3.05) is 0 Å². The van der Waals surface area contributed by atoms with Crippen LogP contribution in [0.1, 0.15) is 51.4 Å². The Labute approximate surface area is 134 Å². The fourth-order valence-electron chi connectivity index (χ4n) is 1.31. The topological polar surface area (TPSA) is 86.2 Å². The van der Waals surface area contributed by atoms with Crippen LogP contribution in [0.25, 0.3) is 0 Å². The van der Waals surface area contributed by atoms with Crippen LogP contribution in [0.2, 0.25) is 0 Å². The predicted molar refractivity (Wildman–Crippen MR) is 84.3 cm³/mol. The van der Waals surface area contributed by atoms with Crippen LogP contribution in [-0.4, -0.2) is 11.8 Å². The van der Waals surface area contributed by atoms with E-state index in [0.29, 0.717) is 12.8 Å². The molecule has 0 aliphatic rings. The van der Waals surface area contributed by atoms with E-state index in [1.807, 2.05) is 0 Å². The van der Waals surface area contributed by atoms with Crippen LogP contribution in [0.3, 0.4) is 0 Å². The summed E-state index contributed by atoms with van der Waals surface area (Å²) in [6.07, 6.45) is 7.02. The number of hydrogen-bond donors (Lipinski definition) is 2. The van der Waals surface area contributed by atoms with E-state index >= 15 is 0 Å². The lowest BCUT2D eigenvalue weighted by molar-refractivity contribution is -0.119. The van der Waals surface area contributed by atoms with Gasteiger partial charge in [-0.2, -0.15) is 0 Å². The van der Waals surface area contributed by atoms with Crippen molar-refractivity contribution in [1.29, 1.82) is 0 Å². The molecule has 0 unspecified atom stereocenters. The molecule has 0 heterocycles. The van der Waals surface area contributed by atoms with E-state index in [9.17, 15) is 9.59 Å². The van der Waals surface area contributed by atoms with Gasteiger partial charge in [0.15, 0.2) is 0 Å². The summed E-state index contributed by atoms with van der Waals surface area (Å²) in [6.45, 7) is 0.